The van der Waals surface area contributed by atoms with Crippen LogP contribution in [0.2, 0.25) is 0 Å². The molecule has 0 bridgehead atoms. The van der Waals surface area contributed by atoms with Crippen molar-refractivity contribution in [2.24, 2.45) is 5.10 Å². The molecule has 1 aromatic heterocycles. The minimum atomic E-state index is -0.297. The van der Waals surface area contributed by atoms with Crippen LogP contribution < -0.4 is 15.7 Å². The monoisotopic (exact) mass is 486 g/mol. The van der Waals surface area contributed by atoms with Crippen LogP contribution in [0.5, 0.6) is 5.75 Å². The standard InChI is InChI=1S/C27H26N4O3S/c1-18(2)20-10-8-19(9-11-20)16-28-30-25(32)17-35-27-29-24-7-5-4-6-23(24)26(33)31(27)21-12-14-22(34-3)15-13-21/h4-16,18H,17H2,1-3H3,(H,30,32)/b28-16+. The fourth-order valence-electron chi connectivity index (χ4n) is 3.48. The number of hydrogen-bond acceptors (Lipinski definition) is 6. The number of benzene rings is 3. The van der Waals surface area contributed by atoms with Gasteiger partial charge in [0.25, 0.3) is 11.5 Å². The number of thioether (sulfide) groups is 1. The Balaban J connectivity index is 1.51. The third kappa shape index (κ3) is 5.78. The Hall–Kier alpha value is -3.91. The van der Waals surface area contributed by atoms with E-state index in [-0.39, 0.29) is 17.2 Å². The minimum Gasteiger partial charge on any atom is -0.497 e. The molecule has 0 saturated heterocycles. The maximum absolute atomic E-state index is 13.3. The second kappa shape index (κ2) is 11.0. The molecule has 3 aromatic carbocycles. The first-order chi connectivity index (χ1) is 17.0. The quantitative estimate of drug-likeness (QED) is 0.168. The lowest BCUT2D eigenvalue weighted by Crippen LogP contribution is -2.24. The van der Waals surface area contributed by atoms with Crippen LogP contribution in [0, 0.1) is 0 Å². The molecule has 1 heterocycles. The molecule has 1 amide bonds. The first kappa shape index (κ1) is 24.2. The van der Waals surface area contributed by atoms with Gasteiger partial charge in [-0.25, -0.2) is 10.4 Å². The molecule has 0 aliphatic rings. The Morgan fingerprint density at radius 2 is 1.80 bits per heavy atom. The second-order valence-electron chi connectivity index (χ2n) is 8.15. The molecule has 7 nitrogen and oxygen atoms in total. The van der Waals surface area contributed by atoms with E-state index in [2.05, 4.69) is 29.4 Å². The van der Waals surface area contributed by atoms with Crippen molar-refractivity contribution < 1.29 is 9.53 Å². The zero-order valence-electron chi connectivity index (χ0n) is 19.8. The summed E-state index contributed by atoms with van der Waals surface area (Å²) < 4.78 is 6.74. The lowest BCUT2D eigenvalue weighted by Gasteiger charge is -2.13. The number of hydrazone groups is 1. The zero-order chi connectivity index (χ0) is 24.8. The third-order valence-electron chi connectivity index (χ3n) is 5.41. The van der Waals surface area contributed by atoms with Gasteiger partial charge in [0.15, 0.2) is 5.16 Å². The fourth-order valence-corrected chi connectivity index (χ4v) is 4.28. The summed E-state index contributed by atoms with van der Waals surface area (Å²) >= 11 is 1.18. The Morgan fingerprint density at radius 1 is 1.09 bits per heavy atom. The van der Waals surface area contributed by atoms with Gasteiger partial charge in [-0.1, -0.05) is 62.0 Å². The summed E-state index contributed by atoms with van der Waals surface area (Å²) in [6.45, 7) is 4.28. The highest BCUT2D eigenvalue weighted by Gasteiger charge is 2.15. The number of hydrogen-bond donors (Lipinski definition) is 1. The summed E-state index contributed by atoms with van der Waals surface area (Å²) in [5.74, 6) is 0.885. The number of para-hydroxylation sites is 1. The molecule has 4 aromatic rings. The molecule has 1 N–H and O–H groups in total. The summed E-state index contributed by atoms with van der Waals surface area (Å²) in [5, 5.41) is 4.98. The maximum atomic E-state index is 13.3. The van der Waals surface area contributed by atoms with Crippen molar-refractivity contribution in [1.82, 2.24) is 15.0 Å². The minimum absolute atomic E-state index is 0.0462. The molecule has 0 unspecified atom stereocenters. The predicted octanol–water partition coefficient (Wildman–Crippen LogP) is 4.76. The highest BCUT2D eigenvalue weighted by molar-refractivity contribution is 7.99. The van der Waals surface area contributed by atoms with E-state index in [1.54, 1.807) is 55.8 Å². The van der Waals surface area contributed by atoms with Gasteiger partial charge in [-0.2, -0.15) is 5.10 Å². The molecule has 0 saturated carbocycles. The van der Waals surface area contributed by atoms with Gasteiger partial charge in [0.1, 0.15) is 5.75 Å². The first-order valence-electron chi connectivity index (χ1n) is 11.2. The Bertz CT molecular complexity index is 1410. The van der Waals surface area contributed by atoms with Crippen LogP contribution >= 0.6 is 11.8 Å². The van der Waals surface area contributed by atoms with Gasteiger partial charge in [-0.15, -0.1) is 0 Å². The topological polar surface area (TPSA) is 85.6 Å². The van der Waals surface area contributed by atoms with Crippen molar-refractivity contribution in [3.05, 3.63) is 94.3 Å². The number of carbonyl (C=O) groups excluding carboxylic acids is 1. The van der Waals surface area contributed by atoms with Gasteiger partial charge in [0.05, 0.1) is 35.7 Å². The molecular weight excluding hydrogens is 460 g/mol. The summed E-state index contributed by atoms with van der Waals surface area (Å²) in [4.78, 5) is 30.4. The van der Waals surface area contributed by atoms with Crippen LogP contribution in [0.3, 0.4) is 0 Å². The second-order valence-corrected chi connectivity index (χ2v) is 9.10. The average Bonchev–Trinajstić information content (AvgIpc) is 2.88. The molecule has 35 heavy (non-hydrogen) atoms. The number of rotatable bonds is 8. The van der Waals surface area contributed by atoms with Crippen LogP contribution in [0.15, 0.2) is 87.8 Å². The van der Waals surface area contributed by atoms with Crippen molar-refractivity contribution in [1.29, 1.82) is 0 Å². The van der Waals surface area contributed by atoms with Crippen LogP contribution in [0.25, 0.3) is 16.6 Å². The average molecular weight is 487 g/mol. The van der Waals surface area contributed by atoms with Crippen LogP contribution in [0.1, 0.15) is 30.9 Å². The lowest BCUT2D eigenvalue weighted by atomic mass is 10.0. The van der Waals surface area contributed by atoms with Crippen molar-refractivity contribution in [3.63, 3.8) is 0 Å². The molecule has 0 spiro atoms. The van der Waals surface area contributed by atoms with E-state index >= 15 is 0 Å². The van der Waals surface area contributed by atoms with Gasteiger partial charge in [0, 0.05) is 0 Å². The summed E-state index contributed by atoms with van der Waals surface area (Å²) in [6, 6.07) is 22.3. The lowest BCUT2D eigenvalue weighted by molar-refractivity contribution is -0.118. The third-order valence-corrected chi connectivity index (χ3v) is 6.35. The number of amides is 1. The van der Waals surface area contributed by atoms with Crippen LogP contribution in [-0.4, -0.2) is 34.5 Å². The van der Waals surface area contributed by atoms with E-state index < -0.39 is 0 Å². The number of fused-ring (bicyclic) bond motifs is 1. The van der Waals surface area contributed by atoms with Crippen LogP contribution in [-0.2, 0) is 4.79 Å². The number of nitrogens with zero attached hydrogens (tertiary/aromatic N) is 3. The first-order valence-corrected chi connectivity index (χ1v) is 12.2. The summed E-state index contributed by atoms with van der Waals surface area (Å²) in [7, 11) is 1.59. The van der Waals surface area contributed by atoms with Gasteiger partial charge in [-0.3, -0.25) is 14.2 Å². The van der Waals surface area contributed by atoms with E-state index in [1.165, 1.54) is 21.9 Å². The summed E-state index contributed by atoms with van der Waals surface area (Å²) in [5.41, 5.74) is 5.70. The van der Waals surface area contributed by atoms with E-state index in [0.29, 0.717) is 33.4 Å². The van der Waals surface area contributed by atoms with Gasteiger partial charge in [0.2, 0.25) is 0 Å². The molecule has 0 aliphatic carbocycles. The molecular formula is C27H26N4O3S. The molecule has 0 radical (unpaired) electrons. The Labute approximate surface area is 207 Å². The normalized spacial score (nSPS) is 11.3. The SMILES string of the molecule is COc1ccc(-n2c(SCC(=O)N/N=C/c3ccc(C(C)C)cc3)nc3ccccc3c2=O)cc1. The van der Waals surface area contributed by atoms with E-state index in [1.807, 2.05) is 30.3 Å². The molecule has 178 valence electrons. The fraction of sp³-hybridized carbons (Fsp3) is 0.185. The highest BCUT2D eigenvalue weighted by Crippen LogP contribution is 2.22. The smallest absolute Gasteiger partial charge is 0.266 e. The van der Waals surface area contributed by atoms with Crippen molar-refractivity contribution in [2.75, 3.05) is 12.9 Å². The molecule has 4 rings (SSSR count). The van der Waals surface area contributed by atoms with Crippen molar-refractivity contribution >= 4 is 34.8 Å². The Morgan fingerprint density at radius 3 is 2.49 bits per heavy atom. The predicted molar refractivity (Wildman–Crippen MR) is 141 cm³/mol. The number of ether oxygens (including phenoxy) is 1. The number of nitrogens with one attached hydrogen (secondary N) is 1. The van der Waals surface area contributed by atoms with Gasteiger partial charge in [-0.05, 0) is 53.4 Å². The highest BCUT2D eigenvalue weighted by atomic mass is 32.2. The molecule has 0 fully saturated rings. The molecule has 0 aliphatic heterocycles. The van der Waals surface area contributed by atoms with Gasteiger partial charge >= 0.3 is 0 Å². The number of aromatic nitrogens is 2. The molecule has 8 heteroatoms. The van der Waals surface area contributed by atoms with E-state index in [4.69, 9.17) is 4.74 Å². The zero-order valence-corrected chi connectivity index (χ0v) is 20.6. The van der Waals surface area contributed by atoms with E-state index in [0.717, 1.165) is 5.56 Å². The van der Waals surface area contributed by atoms with Crippen molar-refractivity contribution in [2.45, 2.75) is 24.9 Å². The molecule has 0 atom stereocenters. The summed E-state index contributed by atoms with van der Waals surface area (Å²) in [6.07, 6.45) is 1.61. The van der Waals surface area contributed by atoms with E-state index in [9.17, 15) is 9.59 Å². The largest absolute Gasteiger partial charge is 0.497 e. The van der Waals surface area contributed by atoms with Gasteiger partial charge < -0.3 is 4.74 Å². The number of methoxy groups -OCH3 is 1. The Kier molecular flexibility index (Phi) is 7.62. The van der Waals surface area contributed by atoms with Crippen LogP contribution in [0.4, 0.5) is 0 Å². The van der Waals surface area contributed by atoms with Crippen molar-refractivity contribution in [3.8, 4) is 11.4 Å². The maximum Gasteiger partial charge on any atom is 0.266 e. The number of carbonyl (C=O) groups is 1.